The Labute approximate surface area is 120 Å². The zero-order valence-electron chi connectivity index (χ0n) is 13.1. The molecule has 0 saturated heterocycles. The fourth-order valence-corrected chi connectivity index (χ4v) is 5.89. The van der Waals surface area contributed by atoms with E-state index in [4.69, 9.17) is 0 Å². The van der Waals surface area contributed by atoms with E-state index >= 15 is 0 Å². The van der Waals surface area contributed by atoms with Crippen LogP contribution in [0.2, 0.25) is 0 Å². The molecular weight excluding hydrogens is 228 g/mol. The van der Waals surface area contributed by atoms with Gasteiger partial charge in [0.05, 0.1) is 0 Å². The summed E-state index contributed by atoms with van der Waals surface area (Å²) >= 11 is 0. The molecule has 0 radical (unpaired) electrons. The Bertz CT molecular complexity index is 231. The lowest BCUT2D eigenvalue weighted by Crippen LogP contribution is -2.36. The van der Waals surface area contributed by atoms with Gasteiger partial charge in [0, 0.05) is 0 Å². The molecular formula is C19H34. The Morgan fingerprint density at radius 1 is 0.474 bits per heavy atom. The summed E-state index contributed by atoms with van der Waals surface area (Å²) in [6.07, 6.45) is 20.1. The maximum Gasteiger partial charge on any atom is -0.0357 e. The first-order valence-corrected chi connectivity index (χ1v) is 9.36. The Hall–Kier alpha value is 0. The molecule has 0 amide bonds. The monoisotopic (exact) mass is 262 g/mol. The van der Waals surface area contributed by atoms with E-state index in [-0.39, 0.29) is 0 Å². The Morgan fingerprint density at radius 2 is 0.895 bits per heavy atom. The molecule has 2 atom stereocenters. The zero-order valence-corrected chi connectivity index (χ0v) is 13.1. The second-order valence-corrected chi connectivity index (χ2v) is 7.91. The van der Waals surface area contributed by atoms with Gasteiger partial charge < -0.3 is 0 Å². The molecule has 0 N–H and O–H groups in total. The first kappa shape index (κ1) is 14.0. The van der Waals surface area contributed by atoms with Crippen LogP contribution >= 0.6 is 0 Å². The summed E-state index contributed by atoms with van der Waals surface area (Å²) < 4.78 is 0. The van der Waals surface area contributed by atoms with Gasteiger partial charge in [-0.05, 0) is 42.4 Å². The third-order valence-electron chi connectivity index (χ3n) is 6.94. The second kappa shape index (κ2) is 6.64. The van der Waals surface area contributed by atoms with Crippen molar-refractivity contribution in [2.45, 2.75) is 90.4 Å². The minimum Gasteiger partial charge on any atom is -0.0620 e. The van der Waals surface area contributed by atoms with Gasteiger partial charge in [-0.3, -0.25) is 0 Å². The fourth-order valence-electron chi connectivity index (χ4n) is 5.89. The highest BCUT2D eigenvalue weighted by molar-refractivity contribution is 4.88. The minimum atomic E-state index is 1.04. The summed E-state index contributed by atoms with van der Waals surface area (Å²) in [6, 6.07) is 0. The Kier molecular flexibility index (Phi) is 4.87. The van der Waals surface area contributed by atoms with Gasteiger partial charge in [-0.2, -0.15) is 0 Å². The summed E-state index contributed by atoms with van der Waals surface area (Å²) in [7, 11) is 0. The molecule has 0 nitrogen and oxygen atoms in total. The van der Waals surface area contributed by atoms with Crippen LogP contribution in [-0.2, 0) is 0 Å². The third kappa shape index (κ3) is 3.19. The summed E-state index contributed by atoms with van der Waals surface area (Å²) in [5.74, 6) is 5.45. The molecule has 0 aromatic rings. The largest absolute Gasteiger partial charge is 0.0620 e. The lowest BCUT2D eigenvalue weighted by molar-refractivity contribution is 0.0480. The summed E-state index contributed by atoms with van der Waals surface area (Å²) in [5.41, 5.74) is 0. The zero-order chi connectivity index (χ0) is 13.1. The predicted octanol–water partition coefficient (Wildman–Crippen LogP) is 6.20. The molecule has 3 saturated carbocycles. The first-order valence-electron chi connectivity index (χ1n) is 9.36. The van der Waals surface area contributed by atoms with Crippen molar-refractivity contribution in [3.63, 3.8) is 0 Å². The van der Waals surface area contributed by atoms with E-state index in [2.05, 4.69) is 6.92 Å². The van der Waals surface area contributed by atoms with E-state index < -0.39 is 0 Å². The third-order valence-corrected chi connectivity index (χ3v) is 6.94. The van der Waals surface area contributed by atoms with Crippen LogP contribution in [0.15, 0.2) is 0 Å². The molecule has 3 rings (SSSR count). The van der Waals surface area contributed by atoms with Crippen LogP contribution in [-0.4, -0.2) is 0 Å². The molecule has 0 aromatic carbocycles. The molecule has 0 aromatic heterocycles. The molecule has 3 aliphatic rings. The predicted molar refractivity (Wildman–Crippen MR) is 83.1 cm³/mol. The molecule has 19 heavy (non-hydrogen) atoms. The van der Waals surface area contributed by atoms with Crippen molar-refractivity contribution in [2.24, 2.45) is 29.6 Å². The lowest BCUT2D eigenvalue weighted by Gasteiger charge is -2.45. The maximum absolute atomic E-state index is 2.64. The van der Waals surface area contributed by atoms with Crippen LogP contribution < -0.4 is 0 Å². The smallest absolute Gasteiger partial charge is 0.0357 e. The lowest BCUT2D eigenvalue weighted by atomic mass is 9.60. The maximum atomic E-state index is 2.64. The molecule has 3 fully saturated rings. The van der Waals surface area contributed by atoms with E-state index in [9.17, 15) is 0 Å². The van der Waals surface area contributed by atoms with Crippen LogP contribution in [0.3, 0.4) is 0 Å². The van der Waals surface area contributed by atoms with Gasteiger partial charge in [0.1, 0.15) is 0 Å². The highest BCUT2D eigenvalue weighted by Crippen LogP contribution is 2.48. The van der Waals surface area contributed by atoms with E-state index in [1.54, 1.807) is 44.9 Å². The van der Waals surface area contributed by atoms with E-state index in [1.165, 1.54) is 38.5 Å². The molecule has 0 spiro atoms. The molecule has 0 heterocycles. The van der Waals surface area contributed by atoms with Gasteiger partial charge in [-0.1, -0.05) is 77.6 Å². The average molecular weight is 262 g/mol. The van der Waals surface area contributed by atoms with Gasteiger partial charge >= 0.3 is 0 Å². The van der Waals surface area contributed by atoms with Crippen LogP contribution in [0.25, 0.3) is 0 Å². The second-order valence-electron chi connectivity index (χ2n) is 7.91. The molecule has 0 aliphatic heterocycles. The fraction of sp³-hybridized carbons (Fsp3) is 1.00. The van der Waals surface area contributed by atoms with Crippen LogP contribution in [0, 0.1) is 29.6 Å². The van der Waals surface area contributed by atoms with E-state index in [0.29, 0.717) is 0 Å². The highest BCUT2D eigenvalue weighted by atomic mass is 14.4. The first-order chi connectivity index (χ1) is 9.36. The number of hydrogen-bond acceptors (Lipinski definition) is 0. The number of rotatable bonds is 2. The van der Waals surface area contributed by atoms with Crippen molar-refractivity contribution in [3.05, 3.63) is 0 Å². The Morgan fingerprint density at radius 3 is 1.32 bits per heavy atom. The molecule has 3 aliphatic carbocycles. The van der Waals surface area contributed by atoms with E-state index in [0.717, 1.165) is 29.6 Å². The summed E-state index contributed by atoms with van der Waals surface area (Å²) in [5, 5.41) is 0. The van der Waals surface area contributed by atoms with Crippen molar-refractivity contribution in [3.8, 4) is 0 Å². The van der Waals surface area contributed by atoms with Crippen molar-refractivity contribution in [2.75, 3.05) is 0 Å². The van der Waals surface area contributed by atoms with Crippen LogP contribution in [0.5, 0.6) is 0 Å². The quantitative estimate of drug-likeness (QED) is 0.556. The van der Waals surface area contributed by atoms with Gasteiger partial charge in [0.2, 0.25) is 0 Å². The van der Waals surface area contributed by atoms with Crippen molar-refractivity contribution in [1.29, 1.82) is 0 Å². The summed E-state index contributed by atoms with van der Waals surface area (Å²) in [6.45, 7) is 2.64. The van der Waals surface area contributed by atoms with Gasteiger partial charge in [0.15, 0.2) is 0 Å². The average Bonchev–Trinajstić information content (AvgIpc) is 2.49. The molecule has 0 bridgehead atoms. The van der Waals surface area contributed by atoms with Crippen molar-refractivity contribution in [1.82, 2.24) is 0 Å². The molecule has 2 unspecified atom stereocenters. The SMILES string of the molecule is CC1C(C2CCCCC2)CCCC1C1CCCCC1. The number of hydrogen-bond donors (Lipinski definition) is 0. The topological polar surface area (TPSA) is 0 Å². The molecule has 0 heteroatoms. The minimum absolute atomic E-state index is 1.04. The van der Waals surface area contributed by atoms with Gasteiger partial charge in [-0.15, -0.1) is 0 Å². The normalized spacial score (nSPS) is 39.3. The van der Waals surface area contributed by atoms with Crippen molar-refractivity contribution < 1.29 is 0 Å². The van der Waals surface area contributed by atoms with Crippen LogP contribution in [0.4, 0.5) is 0 Å². The van der Waals surface area contributed by atoms with Gasteiger partial charge in [-0.25, -0.2) is 0 Å². The standard InChI is InChI=1S/C19H34/c1-15-18(16-9-4-2-5-10-16)13-8-14-19(15)17-11-6-3-7-12-17/h15-19H,2-14H2,1H3. The van der Waals surface area contributed by atoms with Crippen LogP contribution in [0.1, 0.15) is 90.4 Å². The van der Waals surface area contributed by atoms with Crippen molar-refractivity contribution >= 4 is 0 Å². The molecule has 110 valence electrons. The summed E-state index contributed by atoms with van der Waals surface area (Å²) in [4.78, 5) is 0. The highest BCUT2D eigenvalue weighted by Gasteiger charge is 2.38. The Balaban J connectivity index is 1.62. The van der Waals surface area contributed by atoms with Gasteiger partial charge in [0.25, 0.3) is 0 Å². The van der Waals surface area contributed by atoms with E-state index in [1.807, 2.05) is 0 Å².